The van der Waals surface area contributed by atoms with E-state index in [2.05, 4.69) is 10.0 Å². The van der Waals surface area contributed by atoms with E-state index < -0.39 is 47.1 Å². The molecule has 0 saturated carbocycles. The maximum atomic E-state index is 13.8. The van der Waals surface area contributed by atoms with Crippen LogP contribution in [0.2, 0.25) is 0 Å². The van der Waals surface area contributed by atoms with Crippen LogP contribution in [0.25, 0.3) is 0 Å². The van der Waals surface area contributed by atoms with Crippen molar-refractivity contribution in [3.63, 3.8) is 0 Å². The van der Waals surface area contributed by atoms with Crippen LogP contribution in [0.15, 0.2) is 47.4 Å². The number of aliphatic hydroxyl groups is 3. The molecule has 2 aromatic carbocycles. The Labute approximate surface area is 229 Å². The quantitative estimate of drug-likeness (QED) is 0.170. The van der Waals surface area contributed by atoms with Gasteiger partial charge in [0.15, 0.2) is 5.75 Å². The van der Waals surface area contributed by atoms with Crippen LogP contribution in [0, 0.1) is 0 Å². The maximum Gasteiger partial charge on any atom is 0.338 e. The number of benzene rings is 2. The topological polar surface area (TPSA) is 164 Å². The summed E-state index contributed by atoms with van der Waals surface area (Å²) in [7, 11) is -4.50. The van der Waals surface area contributed by atoms with E-state index in [1.165, 1.54) is 6.07 Å². The van der Waals surface area contributed by atoms with Crippen molar-refractivity contribution in [1.29, 1.82) is 0 Å². The number of anilines is 1. The van der Waals surface area contributed by atoms with E-state index >= 15 is 0 Å². The van der Waals surface area contributed by atoms with Crippen molar-refractivity contribution in [2.45, 2.75) is 75.4 Å². The number of ether oxygens (including phenoxy) is 3. The molecule has 216 valence electrons. The van der Waals surface area contributed by atoms with Gasteiger partial charge in [-0.3, -0.25) is 0 Å². The minimum Gasteiger partial charge on any atom is -0.462 e. The fraction of sp³-hybridized carbons (Fsp3) is 0.519. The number of aliphatic hydroxyl groups excluding tert-OH is 3. The van der Waals surface area contributed by atoms with Crippen LogP contribution < -0.4 is 14.8 Å². The van der Waals surface area contributed by atoms with E-state index in [1.807, 2.05) is 13.8 Å². The smallest absolute Gasteiger partial charge is 0.338 e. The molecule has 1 saturated heterocycles. The minimum atomic E-state index is -4.50. The second-order valence-corrected chi connectivity index (χ2v) is 11.0. The van der Waals surface area contributed by atoms with Crippen LogP contribution in [0.4, 0.5) is 5.69 Å². The summed E-state index contributed by atoms with van der Waals surface area (Å²) in [4.78, 5) is 12.5. The third-order valence-corrected chi connectivity index (χ3v) is 7.58. The predicted molar refractivity (Wildman–Crippen MR) is 144 cm³/mol. The van der Waals surface area contributed by atoms with Crippen molar-refractivity contribution in [2.75, 3.05) is 25.1 Å². The van der Waals surface area contributed by atoms with Gasteiger partial charge in [0, 0.05) is 13.0 Å². The zero-order valence-corrected chi connectivity index (χ0v) is 23.0. The molecule has 1 fully saturated rings. The Bertz CT molecular complexity index is 1180. The highest BCUT2D eigenvalue weighted by atomic mass is 32.2. The molecule has 1 aliphatic rings. The molecule has 0 radical (unpaired) electrons. The molecule has 1 aliphatic heterocycles. The normalized spacial score (nSPS) is 21.4. The average molecular weight is 567 g/mol. The highest BCUT2D eigenvalue weighted by molar-refractivity contribution is 7.89. The highest BCUT2D eigenvalue weighted by Gasteiger charge is 2.39. The summed E-state index contributed by atoms with van der Waals surface area (Å²) in [6, 6.07) is 11.2. The van der Waals surface area contributed by atoms with Crippen LogP contribution >= 0.6 is 0 Å². The largest absolute Gasteiger partial charge is 0.462 e. The SMILES string of the molecule is CCCCNc1cc(C(=O)OCCCC)cc(S(=O)(=O)NC2O[C@H](CO)C(O)C[C@H]2O)c1Oc1ccccc1. The Hall–Kier alpha value is -2.74. The highest BCUT2D eigenvalue weighted by Crippen LogP contribution is 2.38. The Morgan fingerprint density at radius 3 is 2.46 bits per heavy atom. The number of rotatable bonds is 14. The lowest BCUT2D eigenvalue weighted by Gasteiger charge is -2.36. The van der Waals surface area contributed by atoms with E-state index in [-0.39, 0.29) is 34.9 Å². The summed E-state index contributed by atoms with van der Waals surface area (Å²) in [5.41, 5.74) is 0.269. The second-order valence-electron chi connectivity index (χ2n) is 9.31. The summed E-state index contributed by atoms with van der Waals surface area (Å²) in [6.45, 7) is 4.07. The molecule has 4 atom stereocenters. The van der Waals surface area contributed by atoms with Crippen molar-refractivity contribution in [1.82, 2.24) is 4.72 Å². The molecule has 5 N–H and O–H groups in total. The molecule has 1 heterocycles. The number of carbonyl (C=O) groups is 1. The number of esters is 1. The van der Waals surface area contributed by atoms with E-state index in [0.29, 0.717) is 18.7 Å². The van der Waals surface area contributed by atoms with Crippen molar-refractivity contribution >= 4 is 21.7 Å². The Kier molecular flexibility index (Phi) is 11.5. The Morgan fingerprint density at radius 2 is 1.79 bits per heavy atom. The number of hydrogen-bond acceptors (Lipinski definition) is 10. The van der Waals surface area contributed by atoms with Crippen LogP contribution in [0.1, 0.15) is 56.3 Å². The Balaban J connectivity index is 2.08. The zero-order chi connectivity index (χ0) is 28.4. The average Bonchev–Trinajstić information content (AvgIpc) is 2.91. The van der Waals surface area contributed by atoms with Gasteiger partial charge in [0.1, 0.15) is 23.0 Å². The fourth-order valence-corrected chi connectivity index (χ4v) is 5.26. The van der Waals surface area contributed by atoms with Crippen molar-refractivity contribution in [3.8, 4) is 11.5 Å². The standard InChI is InChI=1S/C27H38N2O9S/c1-3-5-12-28-20-14-18(27(33)36-13-6-4-2)15-24(25(20)37-19-10-8-7-9-11-19)39(34,35)29-26-22(32)16-21(31)23(17-30)38-26/h7-11,14-15,21-23,26,28-32H,3-6,12-13,16-17H2,1-2H3/t21?,22-,23-,26?/m1/s1. The predicted octanol–water partition coefficient (Wildman–Crippen LogP) is 2.76. The molecule has 2 aromatic rings. The van der Waals surface area contributed by atoms with Gasteiger partial charge >= 0.3 is 5.97 Å². The van der Waals surface area contributed by atoms with Gasteiger partial charge in [-0.1, -0.05) is 44.9 Å². The van der Waals surface area contributed by atoms with Crippen molar-refractivity contribution < 1.29 is 42.7 Å². The van der Waals surface area contributed by atoms with E-state index in [0.717, 1.165) is 25.3 Å². The molecule has 0 bridgehead atoms. The molecule has 12 heteroatoms. The molecule has 39 heavy (non-hydrogen) atoms. The summed E-state index contributed by atoms with van der Waals surface area (Å²) in [5, 5.41) is 33.1. The van der Waals surface area contributed by atoms with Crippen LogP contribution in [0.5, 0.6) is 11.5 Å². The van der Waals surface area contributed by atoms with E-state index in [1.54, 1.807) is 30.3 Å². The third kappa shape index (κ3) is 8.37. The first-order chi connectivity index (χ1) is 18.7. The van der Waals surface area contributed by atoms with Gasteiger partial charge in [0.05, 0.1) is 36.7 Å². The Morgan fingerprint density at radius 1 is 1.08 bits per heavy atom. The maximum absolute atomic E-state index is 13.8. The molecule has 11 nitrogen and oxygen atoms in total. The van der Waals surface area contributed by atoms with Crippen molar-refractivity contribution in [2.24, 2.45) is 0 Å². The lowest BCUT2D eigenvalue weighted by atomic mass is 10.0. The molecule has 3 rings (SSSR count). The summed E-state index contributed by atoms with van der Waals surface area (Å²) >= 11 is 0. The monoisotopic (exact) mass is 566 g/mol. The minimum absolute atomic E-state index is 0.000318. The van der Waals surface area contributed by atoms with Gasteiger partial charge in [-0.25, -0.2) is 13.2 Å². The van der Waals surface area contributed by atoms with Crippen molar-refractivity contribution in [3.05, 3.63) is 48.0 Å². The lowest BCUT2D eigenvalue weighted by molar-refractivity contribution is -0.182. The van der Waals surface area contributed by atoms with E-state index in [4.69, 9.17) is 14.2 Å². The van der Waals surface area contributed by atoms with Crippen LogP contribution in [-0.2, 0) is 19.5 Å². The fourth-order valence-electron chi connectivity index (χ4n) is 3.93. The van der Waals surface area contributed by atoms with Crippen LogP contribution in [-0.4, -0.2) is 74.0 Å². The lowest BCUT2D eigenvalue weighted by Crippen LogP contribution is -2.55. The summed E-state index contributed by atoms with van der Waals surface area (Å²) in [6.07, 6.45) is -2.19. The first-order valence-electron chi connectivity index (χ1n) is 13.2. The van der Waals surface area contributed by atoms with Crippen LogP contribution in [0.3, 0.4) is 0 Å². The number of hydrogen-bond donors (Lipinski definition) is 5. The number of carbonyl (C=O) groups excluding carboxylic acids is 1. The number of nitrogens with one attached hydrogen (secondary N) is 2. The van der Waals surface area contributed by atoms with Gasteiger partial charge < -0.3 is 34.8 Å². The number of para-hydroxylation sites is 1. The number of sulfonamides is 1. The zero-order valence-electron chi connectivity index (χ0n) is 22.2. The van der Waals surface area contributed by atoms with Gasteiger partial charge in [-0.2, -0.15) is 4.72 Å². The van der Waals surface area contributed by atoms with Gasteiger partial charge in [-0.05, 0) is 37.1 Å². The summed E-state index contributed by atoms with van der Waals surface area (Å²) < 4.78 is 46.7. The third-order valence-electron chi connectivity index (χ3n) is 6.15. The molecular weight excluding hydrogens is 528 g/mol. The first-order valence-corrected chi connectivity index (χ1v) is 14.6. The molecule has 0 spiro atoms. The molecular formula is C27H38N2O9S. The van der Waals surface area contributed by atoms with Gasteiger partial charge in [-0.15, -0.1) is 0 Å². The first kappa shape index (κ1) is 30.8. The van der Waals surface area contributed by atoms with Gasteiger partial charge in [0.2, 0.25) is 10.0 Å². The molecule has 0 aromatic heterocycles. The molecule has 0 aliphatic carbocycles. The summed E-state index contributed by atoms with van der Waals surface area (Å²) in [5.74, 6) is -0.385. The van der Waals surface area contributed by atoms with E-state index in [9.17, 15) is 28.5 Å². The second kappa shape index (κ2) is 14.6. The van der Waals surface area contributed by atoms with Gasteiger partial charge in [0.25, 0.3) is 0 Å². The molecule has 0 amide bonds. The number of unbranched alkanes of at least 4 members (excludes halogenated alkanes) is 2. The molecule has 2 unspecified atom stereocenters.